The van der Waals surface area contributed by atoms with Gasteiger partial charge in [-0.1, -0.05) is 24.8 Å². The smallest absolute Gasteiger partial charge is 0.0924 e. The fourth-order valence-corrected chi connectivity index (χ4v) is 1.49. The van der Waals surface area contributed by atoms with E-state index < -0.39 is 6.85 Å². The third-order valence-electron chi connectivity index (χ3n) is 2.42. The van der Waals surface area contributed by atoms with E-state index in [1.807, 2.05) is 6.07 Å². The highest BCUT2D eigenvalue weighted by atomic mass is 14.9. The van der Waals surface area contributed by atoms with Crippen LogP contribution in [-0.4, -0.2) is 9.97 Å². The third-order valence-corrected chi connectivity index (χ3v) is 2.42. The van der Waals surface area contributed by atoms with Crippen molar-refractivity contribution in [1.82, 2.24) is 9.97 Å². The van der Waals surface area contributed by atoms with Gasteiger partial charge in [0.1, 0.15) is 0 Å². The van der Waals surface area contributed by atoms with E-state index in [9.17, 15) is 0 Å². The Kier molecular flexibility index (Phi) is 1.65. The number of imidazole rings is 1. The molecule has 2 heteroatoms. The molecule has 0 aliphatic heterocycles. The lowest BCUT2D eigenvalue weighted by Gasteiger charge is -2.09. The minimum atomic E-state index is -2.15. The van der Waals surface area contributed by atoms with E-state index >= 15 is 0 Å². The summed E-state index contributed by atoms with van der Waals surface area (Å²) in [6.07, 6.45) is 3.18. The molecule has 1 aromatic carbocycles. The molecular formula is C13H14N2. The van der Waals surface area contributed by atoms with E-state index in [1.54, 1.807) is 31.6 Å². The Labute approximate surface area is 93.9 Å². The summed E-state index contributed by atoms with van der Waals surface area (Å²) in [5.41, 5.74) is 3.10. The normalized spacial score (nSPS) is 14.1. The van der Waals surface area contributed by atoms with Gasteiger partial charge in [0.05, 0.1) is 18.2 Å². The molecule has 0 fully saturated rings. The van der Waals surface area contributed by atoms with Crippen LogP contribution in [0.1, 0.15) is 26.5 Å². The van der Waals surface area contributed by atoms with Crippen LogP contribution >= 0.6 is 0 Å². The molecule has 2 nitrogen and oxygen atoms in total. The summed E-state index contributed by atoms with van der Waals surface area (Å²) < 4.78 is 22.9. The van der Waals surface area contributed by atoms with Crippen molar-refractivity contribution >= 4 is 5.57 Å². The Morgan fingerprint density at radius 2 is 2.40 bits per heavy atom. The molecule has 0 amide bonds. The largest absolute Gasteiger partial charge is 0.345 e. The highest BCUT2D eigenvalue weighted by molar-refractivity contribution is 5.78. The number of aromatic nitrogens is 2. The lowest BCUT2D eigenvalue weighted by molar-refractivity contribution is 1.28. The first-order chi connectivity index (χ1) is 8.41. The minimum absolute atomic E-state index is 0.351. The van der Waals surface area contributed by atoms with Crippen molar-refractivity contribution in [2.45, 2.75) is 13.8 Å². The average molecular weight is 201 g/mol. The SMILES string of the molecule is [2H]C([2H])([2H])c1c(C)cccc1C(=C)c1cnc[nH]1. The molecule has 1 aromatic heterocycles. The number of hydrogen-bond donors (Lipinski definition) is 1. The van der Waals surface area contributed by atoms with Gasteiger partial charge in [-0.3, -0.25) is 0 Å². The number of hydrogen-bond acceptors (Lipinski definition) is 1. The molecule has 0 unspecified atom stereocenters. The Morgan fingerprint density at radius 3 is 3.07 bits per heavy atom. The van der Waals surface area contributed by atoms with Crippen LogP contribution in [0.15, 0.2) is 37.3 Å². The average Bonchev–Trinajstić information content (AvgIpc) is 2.79. The zero-order chi connectivity index (χ0) is 13.3. The molecule has 0 bridgehead atoms. The van der Waals surface area contributed by atoms with Crippen LogP contribution in [-0.2, 0) is 0 Å². The van der Waals surface area contributed by atoms with E-state index in [0.29, 0.717) is 16.7 Å². The van der Waals surface area contributed by atoms with Gasteiger partial charge in [0, 0.05) is 4.11 Å². The van der Waals surface area contributed by atoms with E-state index in [2.05, 4.69) is 16.5 Å². The fraction of sp³-hybridized carbons (Fsp3) is 0.154. The van der Waals surface area contributed by atoms with Crippen LogP contribution in [0.3, 0.4) is 0 Å². The van der Waals surface area contributed by atoms with Gasteiger partial charge in [0.15, 0.2) is 0 Å². The van der Waals surface area contributed by atoms with Gasteiger partial charge < -0.3 is 4.98 Å². The number of nitrogens with zero attached hydrogens (tertiary/aromatic N) is 1. The number of rotatable bonds is 2. The van der Waals surface area contributed by atoms with Gasteiger partial charge in [0.2, 0.25) is 0 Å². The number of aryl methyl sites for hydroxylation is 1. The number of benzene rings is 1. The van der Waals surface area contributed by atoms with Crippen LogP contribution in [0.4, 0.5) is 0 Å². The zero-order valence-electron chi connectivity index (χ0n) is 11.5. The highest BCUT2D eigenvalue weighted by Gasteiger charge is 2.07. The molecule has 0 radical (unpaired) electrons. The zero-order valence-corrected chi connectivity index (χ0v) is 8.54. The van der Waals surface area contributed by atoms with Crippen molar-refractivity contribution in [1.29, 1.82) is 0 Å². The van der Waals surface area contributed by atoms with Gasteiger partial charge in [-0.2, -0.15) is 0 Å². The van der Waals surface area contributed by atoms with Gasteiger partial charge in [-0.15, -0.1) is 0 Å². The first-order valence-corrected chi connectivity index (χ1v) is 4.69. The van der Waals surface area contributed by atoms with Gasteiger partial charge in [0.25, 0.3) is 0 Å². The predicted octanol–water partition coefficient (Wildman–Crippen LogP) is 3.09. The second-order valence-corrected chi connectivity index (χ2v) is 3.44. The number of H-pyrrole nitrogens is 1. The van der Waals surface area contributed by atoms with Crippen LogP contribution in [0, 0.1) is 13.8 Å². The Morgan fingerprint density at radius 1 is 1.53 bits per heavy atom. The summed E-state index contributed by atoms with van der Waals surface area (Å²) in [6, 6.07) is 5.41. The molecule has 0 spiro atoms. The molecule has 0 aliphatic rings. The van der Waals surface area contributed by atoms with Crippen molar-refractivity contribution in [3.8, 4) is 0 Å². The summed E-state index contributed by atoms with van der Waals surface area (Å²) in [5.74, 6) is 0. The molecule has 0 atom stereocenters. The maximum atomic E-state index is 7.64. The molecule has 2 rings (SSSR count). The van der Waals surface area contributed by atoms with Gasteiger partial charge in [-0.05, 0) is 36.0 Å². The Bertz CT molecular complexity index is 568. The lowest BCUT2D eigenvalue weighted by atomic mass is 9.96. The first-order valence-electron chi connectivity index (χ1n) is 6.19. The molecule has 1 N–H and O–H groups in total. The molecule has 0 aliphatic carbocycles. The topological polar surface area (TPSA) is 28.7 Å². The Balaban J connectivity index is 2.59. The monoisotopic (exact) mass is 201 g/mol. The summed E-state index contributed by atoms with van der Waals surface area (Å²) >= 11 is 0. The molecular weight excluding hydrogens is 184 g/mol. The third kappa shape index (κ3) is 1.71. The molecule has 2 aromatic rings. The first kappa shape index (κ1) is 6.62. The molecule has 0 saturated heterocycles. The minimum Gasteiger partial charge on any atom is -0.345 e. The second kappa shape index (κ2) is 3.73. The molecule has 76 valence electrons. The standard InChI is InChI=1S/C13H14N2/c1-9-5-4-6-12(10(9)2)11(3)13-7-14-8-15-13/h4-8H,3H2,1-2H3,(H,14,15)/i2D3. The van der Waals surface area contributed by atoms with Crippen molar-refractivity contribution in [3.05, 3.63) is 59.7 Å². The van der Waals surface area contributed by atoms with Crippen LogP contribution in [0.25, 0.3) is 5.57 Å². The van der Waals surface area contributed by atoms with Crippen LogP contribution < -0.4 is 0 Å². The number of nitrogens with one attached hydrogen (secondary N) is 1. The Hall–Kier alpha value is -1.83. The fourth-order valence-electron chi connectivity index (χ4n) is 1.49. The van der Waals surface area contributed by atoms with E-state index in [4.69, 9.17) is 4.11 Å². The maximum Gasteiger partial charge on any atom is 0.0924 e. The quantitative estimate of drug-likeness (QED) is 0.794. The maximum absolute atomic E-state index is 7.64. The van der Waals surface area contributed by atoms with Crippen molar-refractivity contribution in [2.75, 3.05) is 0 Å². The summed E-state index contributed by atoms with van der Waals surface area (Å²) in [7, 11) is 0. The van der Waals surface area contributed by atoms with E-state index in [-0.39, 0.29) is 0 Å². The second-order valence-electron chi connectivity index (χ2n) is 3.44. The van der Waals surface area contributed by atoms with Crippen LogP contribution in [0.2, 0.25) is 0 Å². The molecule has 0 saturated carbocycles. The highest BCUT2D eigenvalue weighted by Crippen LogP contribution is 2.24. The summed E-state index contributed by atoms with van der Waals surface area (Å²) in [4.78, 5) is 6.87. The van der Waals surface area contributed by atoms with E-state index in [1.165, 1.54) is 0 Å². The van der Waals surface area contributed by atoms with Crippen LogP contribution in [0.5, 0.6) is 0 Å². The molecule has 1 heterocycles. The van der Waals surface area contributed by atoms with Crippen molar-refractivity contribution < 1.29 is 4.11 Å². The summed E-state index contributed by atoms with van der Waals surface area (Å²) in [5, 5.41) is 0. The van der Waals surface area contributed by atoms with Crippen molar-refractivity contribution in [3.63, 3.8) is 0 Å². The van der Waals surface area contributed by atoms with Gasteiger partial charge >= 0.3 is 0 Å². The predicted molar refractivity (Wildman–Crippen MR) is 62.6 cm³/mol. The van der Waals surface area contributed by atoms with Gasteiger partial charge in [-0.25, -0.2) is 4.98 Å². The summed E-state index contributed by atoms with van der Waals surface area (Å²) in [6.45, 7) is 3.61. The van der Waals surface area contributed by atoms with E-state index in [0.717, 1.165) is 11.3 Å². The van der Waals surface area contributed by atoms with Crippen molar-refractivity contribution in [2.24, 2.45) is 0 Å². The molecule has 15 heavy (non-hydrogen) atoms. The number of aromatic amines is 1. The lowest BCUT2D eigenvalue weighted by Crippen LogP contribution is -1.92.